The average Bonchev–Trinajstić information content (AvgIpc) is 2.33. The summed E-state index contributed by atoms with van der Waals surface area (Å²) in [7, 11) is 0. The molecule has 2 rings (SSSR count). The highest BCUT2D eigenvalue weighted by Gasteiger charge is 2.01. The molecule has 0 aliphatic rings. The second kappa shape index (κ2) is 1.99. The minimum atomic E-state index is -0.337. The van der Waals surface area contributed by atoms with Crippen molar-refractivity contribution in [3.8, 4) is 5.75 Å². The van der Waals surface area contributed by atoms with Crippen LogP contribution >= 0.6 is 0 Å². The maximum atomic E-state index is 12.8. The van der Waals surface area contributed by atoms with Crippen molar-refractivity contribution in [1.82, 2.24) is 4.98 Å². The second-order valence-corrected chi connectivity index (χ2v) is 2.37. The van der Waals surface area contributed by atoms with Gasteiger partial charge in [-0.05, 0) is 18.2 Å². The zero-order chi connectivity index (χ0) is 7.84. The first-order valence-corrected chi connectivity index (χ1v) is 3.23. The van der Waals surface area contributed by atoms with Crippen molar-refractivity contribution in [2.24, 2.45) is 0 Å². The monoisotopic (exact) mass is 151 g/mol. The van der Waals surface area contributed by atoms with Crippen molar-refractivity contribution in [3.63, 3.8) is 0 Å². The molecule has 0 radical (unpaired) electrons. The summed E-state index contributed by atoms with van der Waals surface area (Å²) in [6.45, 7) is 0. The van der Waals surface area contributed by atoms with E-state index in [1.807, 2.05) is 0 Å². The lowest BCUT2D eigenvalue weighted by Gasteiger charge is -1.90. The highest BCUT2D eigenvalue weighted by molar-refractivity contribution is 5.81. The third-order valence-electron chi connectivity index (χ3n) is 1.61. The number of aromatic hydroxyl groups is 1. The van der Waals surface area contributed by atoms with Crippen molar-refractivity contribution in [2.75, 3.05) is 0 Å². The van der Waals surface area contributed by atoms with Gasteiger partial charge in [-0.1, -0.05) is 0 Å². The minimum absolute atomic E-state index is 0.0796. The predicted molar refractivity (Wildman–Crippen MR) is 39.9 cm³/mol. The molecule has 2 N–H and O–H groups in total. The van der Waals surface area contributed by atoms with E-state index >= 15 is 0 Å². The maximum Gasteiger partial charge on any atom is 0.148 e. The second-order valence-electron chi connectivity index (χ2n) is 2.37. The van der Waals surface area contributed by atoms with E-state index in [-0.39, 0.29) is 11.6 Å². The molecule has 0 atom stereocenters. The van der Waals surface area contributed by atoms with Gasteiger partial charge in [0.1, 0.15) is 11.6 Å². The molecule has 0 amide bonds. The smallest absolute Gasteiger partial charge is 0.148 e. The molecule has 1 aromatic carbocycles. The first kappa shape index (κ1) is 6.22. The van der Waals surface area contributed by atoms with Gasteiger partial charge < -0.3 is 10.1 Å². The van der Waals surface area contributed by atoms with Gasteiger partial charge in [0.25, 0.3) is 0 Å². The molecule has 1 aromatic heterocycles. The Morgan fingerprint density at radius 3 is 3.00 bits per heavy atom. The molecular formula is C8H6FNO. The lowest BCUT2D eigenvalue weighted by Crippen LogP contribution is -1.68. The molecule has 0 saturated carbocycles. The molecular weight excluding hydrogens is 145 g/mol. The van der Waals surface area contributed by atoms with Crippen LogP contribution in [0.25, 0.3) is 10.9 Å². The van der Waals surface area contributed by atoms with E-state index in [0.29, 0.717) is 10.9 Å². The number of nitrogens with one attached hydrogen (secondary N) is 1. The van der Waals surface area contributed by atoms with Gasteiger partial charge in [-0.15, -0.1) is 0 Å². The Labute approximate surface area is 62.3 Å². The molecule has 1 heterocycles. The summed E-state index contributed by atoms with van der Waals surface area (Å²) < 4.78 is 12.8. The standard InChI is InChI=1S/C8H6FNO/c9-7-4-10-8-2-1-5(11)3-6(7)8/h1-4,10-11H. The Hall–Kier alpha value is -1.51. The van der Waals surface area contributed by atoms with E-state index in [1.54, 1.807) is 6.07 Å². The number of halogens is 1. The molecule has 11 heavy (non-hydrogen) atoms. The van der Waals surface area contributed by atoms with Crippen LogP contribution in [-0.4, -0.2) is 10.1 Å². The van der Waals surface area contributed by atoms with Crippen LogP contribution in [0.3, 0.4) is 0 Å². The first-order chi connectivity index (χ1) is 5.27. The molecule has 0 spiro atoms. The number of phenolic OH excluding ortho intramolecular Hbond substituents is 1. The van der Waals surface area contributed by atoms with E-state index in [1.165, 1.54) is 18.3 Å². The fourth-order valence-electron chi connectivity index (χ4n) is 1.07. The zero-order valence-electron chi connectivity index (χ0n) is 5.63. The minimum Gasteiger partial charge on any atom is -0.508 e. The highest BCUT2D eigenvalue weighted by atomic mass is 19.1. The van der Waals surface area contributed by atoms with Crippen molar-refractivity contribution >= 4 is 10.9 Å². The number of phenols is 1. The summed E-state index contributed by atoms with van der Waals surface area (Å²) in [6, 6.07) is 4.53. The van der Waals surface area contributed by atoms with Crippen molar-refractivity contribution in [1.29, 1.82) is 0 Å². The molecule has 0 aliphatic heterocycles. The summed E-state index contributed by atoms with van der Waals surface area (Å²) in [5.74, 6) is -0.257. The summed E-state index contributed by atoms with van der Waals surface area (Å²) in [5, 5.41) is 9.41. The highest BCUT2D eigenvalue weighted by Crippen LogP contribution is 2.21. The van der Waals surface area contributed by atoms with Crippen LogP contribution in [0.15, 0.2) is 24.4 Å². The Morgan fingerprint density at radius 1 is 1.36 bits per heavy atom. The Kier molecular flexibility index (Phi) is 1.12. The molecule has 0 bridgehead atoms. The number of H-pyrrole nitrogens is 1. The van der Waals surface area contributed by atoms with Crippen LogP contribution in [-0.2, 0) is 0 Å². The van der Waals surface area contributed by atoms with Gasteiger partial charge in [-0.25, -0.2) is 4.39 Å². The van der Waals surface area contributed by atoms with Gasteiger partial charge >= 0.3 is 0 Å². The van der Waals surface area contributed by atoms with E-state index in [9.17, 15) is 4.39 Å². The maximum absolute atomic E-state index is 12.8. The van der Waals surface area contributed by atoms with Crippen LogP contribution in [0.5, 0.6) is 5.75 Å². The number of benzene rings is 1. The van der Waals surface area contributed by atoms with E-state index in [4.69, 9.17) is 5.11 Å². The van der Waals surface area contributed by atoms with Crippen molar-refractivity contribution in [2.45, 2.75) is 0 Å². The van der Waals surface area contributed by atoms with Crippen molar-refractivity contribution < 1.29 is 9.50 Å². The largest absolute Gasteiger partial charge is 0.508 e. The van der Waals surface area contributed by atoms with Crippen LogP contribution in [0.1, 0.15) is 0 Å². The number of hydrogen-bond donors (Lipinski definition) is 2. The zero-order valence-corrected chi connectivity index (χ0v) is 5.63. The van der Waals surface area contributed by atoms with Gasteiger partial charge in [0, 0.05) is 17.1 Å². The van der Waals surface area contributed by atoms with E-state index < -0.39 is 0 Å². The predicted octanol–water partition coefficient (Wildman–Crippen LogP) is 2.01. The summed E-state index contributed by atoms with van der Waals surface area (Å²) in [5.41, 5.74) is 0.695. The normalized spacial score (nSPS) is 10.6. The Bertz CT molecular complexity index is 394. The fourth-order valence-corrected chi connectivity index (χ4v) is 1.07. The van der Waals surface area contributed by atoms with Crippen LogP contribution in [0, 0.1) is 5.82 Å². The summed E-state index contributed by atoms with van der Waals surface area (Å²) in [6.07, 6.45) is 1.27. The molecule has 56 valence electrons. The summed E-state index contributed by atoms with van der Waals surface area (Å²) in [4.78, 5) is 2.73. The van der Waals surface area contributed by atoms with Gasteiger partial charge in [0.15, 0.2) is 0 Å². The number of rotatable bonds is 0. The SMILES string of the molecule is Oc1ccc2[nH]cc(F)c2c1. The molecule has 0 saturated heterocycles. The van der Waals surface area contributed by atoms with Crippen LogP contribution in [0.2, 0.25) is 0 Å². The Morgan fingerprint density at radius 2 is 2.18 bits per heavy atom. The molecule has 2 aromatic rings. The lowest BCUT2D eigenvalue weighted by atomic mass is 10.2. The van der Waals surface area contributed by atoms with Crippen LogP contribution in [0.4, 0.5) is 4.39 Å². The topological polar surface area (TPSA) is 36.0 Å². The molecule has 0 fully saturated rings. The summed E-state index contributed by atoms with van der Waals surface area (Å²) >= 11 is 0. The number of aromatic amines is 1. The van der Waals surface area contributed by atoms with Gasteiger partial charge in [0.2, 0.25) is 0 Å². The van der Waals surface area contributed by atoms with Gasteiger partial charge in [0.05, 0.1) is 0 Å². The molecule has 0 aliphatic carbocycles. The average molecular weight is 151 g/mol. The number of aromatic nitrogens is 1. The molecule has 0 unspecified atom stereocenters. The quantitative estimate of drug-likeness (QED) is 0.593. The fraction of sp³-hybridized carbons (Fsp3) is 0. The van der Waals surface area contributed by atoms with Crippen molar-refractivity contribution in [3.05, 3.63) is 30.2 Å². The third kappa shape index (κ3) is 0.852. The van der Waals surface area contributed by atoms with E-state index in [2.05, 4.69) is 4.98 Å². The molecule has 2 nitrogen and oxygen atoms in total. The number of fused-ring (bicyclic) bond motifs is 1. The lowest BCUT2D eigenvalue weighted by molar-refractivity contribution is 0.476. The number of hydrogen-bond acceptors (Lipinski definition) is 1. The van der Waals surface area contributed by atoms with E-state index in [0.717, 1.165) is 0 Å². The van der Waals surface area contributed by atoms with Gasteiger partial charge in [-0.3, -0.25) is 0 Å². The third-order valence-corrected chi connectivity index (χ3v) is 1.61. The molecule has 3 heteroatoms. The Balaban J connectivity index is 2.87. The van der Waals surface area contributed by atoms with Crippen LogP contribution < -0.4 is 0 Å². The first-order valence-electron chi connectivity index (χ1n) is 3.23. The van der Waals surface area contributed by atoms with Gasteiger partial charge in [-0.2, -0.15) is 0 Å².